The highest BCUT2D eigenvalue weighted by molar-refractivity contribution is 5.87. The minimum absolute atomic E-state index is 0.0224. The van der Waals surface area contributed by atoms with Crippen molar-refractivity contribution in [1.82, 2.24) is 9.88 Å². The number of nitrogens with zero attached hydrogens (tertiary/aromatic N) is 1. The highest BCUT2D eigenvalue weighted by atomic mass is 16.6. The smallest absolute Gasteiger partial charge is 0.407 e. The van der Waals surface area contributed by atoms with Gasteiger partial charge in [-0.05, 0) is 58.6 Å². The highest BCUT2D eigenvalue weighted by Crippen LogP contribution is 2.32. The average molecular weight is 372 g/mol. The van der Waals surface area contributed by atoms with E-state index in [-0.39, 0.29) is 24.6 Å². The lowest BCUT2D eigenvalue weighted by atomic mass is 9.91. The van der Waals surface area contributed by atoms with Crippen LogP contribution < -0.4 is 5.32 Å². The zero-order valence-electron chi connectivity index (χ0n) is 16.5. The van der Waals surface area contributed by atoms with Crippen molar-refractivity contribution in [3.8, 4) is 0 Å². The van der Waals surface area contributed by atoms with Gasteiger partial charge < -0.3 is 19.4 Å². The van der Waals surface area contributed by atoms with E-state index in [0.29, 0.717) is 6.61 Å². The van der Waals surface area contributed by atoms with Gasteiger partial charge in [-0.15, -0.1) is 0 Å². The standard InChI is InChI=1S/C21H28N2O4/c1-5-26-19(24)13-23-17-9-7-6-8-15(17)16-12-14(10-11-18(16)23)22-20(25)27-21(2,3)4/h6-9,14H,5,10-13H2,1-4H3,(H,22,25). The molecule has 0 aliphatic heterocycles. The van der Waals surface area contributed by atoms with Crippen LogP contribution in [0.5, 0.6) is 0 Å². The van der Waals surface area contributed by atoms with Gasteiger partial charge in [-0.25, -0.2) is 4.79 Å². The van der Waals surface area contributed by atoms with Crippen LogP contribution in [-0.2, 0) is 33.7 Å². The molecule has 1 aromatic carbocycles. The van der Waals surface area contributed by atoms with Crippen molar-refractivity contribution >= 4 is 23.0 Å². The first-order chi connectivity index (χ1) is 12.8. The Morgan fingerprint density at radius 1 is 1.26 bits per heavy atom. The van der Waals surface area contributed by atoms with Gasteiger partial charge >= 0.3 is 12.1 Å². The zero-order valence-corrected chi connectivity index (χ0v) is 16.5. The third kappa shape index (κ3) is 4.43. The van der Waals surface area contributed by atoms with Crippen molar-refractivity contribution in [1.29, 1.82) is 0 Å². The molecule has 0 saturated carbocycles. The molecule has 1 aliphatic rings. The number of carbonyl (C=O) groups excluding carboxylic acids is 2. The first-order valence-electron chi connectivity index (χ1n) is 9.52. The third-order valence-electron chi connectivity index (χ3n) is 4.69. The van der Waals surface area contributed by atoms with Gasteiger partial charge in [0.1, 0.15) is 12.1 Å². The van der Waals surface area contributed by atoms with Gasteiger partial charge in [-0.2, -0.15) is 0 Å². The fourth-order valence-corrected chi connectivity index (χ4v) is 3.71. The van der Waals surface area contributed by atoms with Crippen LogP contribution in [0.15, 0.2) is 24.3 Å². The topological polar surface area (TPSA) is 69.6 Å². The number of para-hydroxylation sites is 1. The summed E-state index contributed by atoms with van der Waals surface area (Å²) in [6.45, 7) is 7.97. The average Bonchev–Trinajstić information content (AvgIpc) is 2.87. The monoisotopic (exact) mass is 372 g/mol. The summed E-state index contributed by atoms with van der Waals surface area (Å²) in [6, 6.07) is 8.11. The van der Waals surface area contributed by atoms with E-state index in [1.165, 1.54) is 5.56 Å². The number of alkyl carbamates (subject to hydrolysis) is 1. The highest BCUT2D eigenvalue weighted by Gasteiger charge is 2.28. The summed E-state index contributed by atoms with van der Waals surface area (Å²) in [7, 11) is 0. The van der Waals surface area contributed by atoms with Crippen LogP contribution in [-0.4, -0.2) is 34.9 Å². The molecule has 146 valence electrons. The fourth-order valence-electron chi connectivity index (χ4n) is 3.71. The second kappa shape index (κ2) is 7.62. The van der Waals surface area contributed by atoms with E-state index in [0.717, 1.165) is 35.9 Å². The zero-order chi connectivity index (χ0) is 19.6. The Hall–Kier alpha value is -2.50. The number of nitrogens with one attached hydrogen (secondary N) is 1. The summed E-state index contributed by atoms with van der Waals surface area (Å²) in [5, 5.41) is 4.12. The maximum atomic E-state index is 12.1. The number of esters is 1. The lowest BCUT2D eigenvalue weighted by Gasteiger charge is -2.27. The van der Waals surface area contributed by atoms with Crippen LogP contribution in [0.4, 0.5) is 4.79 Å². The fraction of sp³-hybridized carbons (Fsp3) is 0.524. The molecule has 1 N–H and O–H groups in total. The quantitative estimate of drug-likeness (QED) is 0.833. The van der Waals surface area contributed by atoms with E-state index in [9.17, 15) is 9.59 Å². The van der Waals surface area contributed by atoms with Gasteiger partial charge in [-0.3, -0.25) is 4.79 Å². The third-order valence-corrected chi connectivity index (χ3v) is 4.69. The largest absolute Gasteiger partial charge is 0.465 e. The Bertz CT molecular complexity index is 848. The molecule has 1 amide bonds. The van der Waals surface area contributed by atoms with E-state index in [1.54, 1.807) is 0 Å². The molecular formula is C21H28N2O4. The molecule has 1 atom stereocenters. The molecule has 3 rings (SSSR count). The van der Waals surface area contributed by atoms with Crippen LogP contribution >= 0.6 is 0 Å². The Balaban J connectivity index is 1.84. The summed E-state index contributed by atoms with van der Waals surface area (Å²) < 4.78 is 12.6. The van der Waals surface area contributed by atoms with Gasteiger partial charge in [0, 0.05) is 22.6 Å². The molecule has 0 radical (unpaired) electrons. The van der Waals surface area contributed by atoms with E-state index in [1.807, 2.05) is 45.9 Å². The molecule has 0 bridgehead atoms. The second-order valence-corrected chi connectivity index (χ2v) is 7.92. The van der Waals surface area contributed by atoms with Crippen molar-refractivity contribution in [2.45, 2.75) is 65.1 Å². The first-order valence-corrected chi connectivity index (χ1v) is 9.52. The Labute approximate surface area is 159 Å². The Morgan fingerprint density at radius 2 is 2.00 bits per heavy atom. The Morgan fingerprint density at radius 3 is 2.70 bits per heavy atom. The van der Waals surface area contributed by atoms with Crippen LogP contribution in [0.1, 0.15) is 45.4 Å². The van der Waals surface area contributed by atoms with E-state index in [4.69, 9.17) is 9.47 Å². The SMILES string of the molecule is CCOC(=O)Cn1c2c(c3ccccc31)CC(NC(=O)OC(C)(C)C)CC2. The molecule has 1 aliphatic carbocycles. The second-order valence-electron chi connectivity index (χ2n) is 7.92. The number of aromatic nitrogens is 1. The number of carbonyl (C=O) groups is 2. The number of rotatable bonds is 4. The summed E-state index contributed by atoms with van der Waals surface area (Å²) >= 11 is 0. The molecule has 0 spiro atoms. The molecule has 6 nitrogen and oxygen atoms in total. The normalized spacial score (nSPS) is 16.7. The van der Waals surface area contributed by atoms with Crippen molar-refractivity contribution < 1.29 is 19.1 Å². The minimum Gasteiger partial charge on any atom is -0.465 e. The number of amides is 1. The van der Waals surface area contributed by atoms with Crippen molar-refractivity contribution in [2.75, 3.05) is 6.61 Å². The number of ether oxygens (including phenoxy) is 2. The summed E-state index contributed by atoms with van der Waals surface area (Å²) in [6.07, 6.45) is 1.95. The molecule has 1 heterocycles. The summed E-state index contributed by atoms with van der Waals surface area (Å²) in [5.41, 5.74) is 2.88. The lowest BCUT2D eigenvalue weighted by molar-refractivity contribution is -0.143. The number of fused-ring (bicyclic) bond motifs is 3. The van der Waals surface area contributed by atoms with E-state index < -0.39 is 5.60 Å². The molecule has 1 aromatic heterocycles. The summed E-state index contributed by atoms with van der Waals surface area (Å²) in [4.78, 5) is 24.2. The number of benzene rings is 1. The molecule has 0 fully saturated rings. The minimum atomic E-state index is -0.514. The van der Waals surface area contributed by atoms with Crippen LogP contribution in [0.3, 0.4) is 0 Å². The Kier molecular flexibility index (Phi) is 5.44. The van der Waals surface area contributed by atoms with Gasteiger partial charge in [0.05, 0.1) is 6.61 Å². The number of hydrogen-bond acceptors (Lipinski definition) is 4. The summed E-state index contributed by atoms with van der Waals surface area (Å²) in [5.74, 6) is -0.227. The predicted molar refractivity (Wildman–Crippen MR) is 104 cm³/mol. The maximum absolute atomic E-state index is 12.1. The van der Waals surface area contributed by atoms with Crippen LogP contribution in [0.2, 0.25) is 0 Å². The van der Waals surface area contributed by atoms with Crippen molar-refractivity contribution in [2.24, 2.45) is 0 Å². The van der Waals surface area contributed by atoms with Crippen molar-refractivity contribution in [3.63, 3.8) is 0 Å². The molecular weight excluding hydrogens is 344 g/mol. The van der Waals surface area contributed by atoms with E-state index >= 15 is 0 Å². The predicted octanol–water partition coefficient (Wildman–Crippen LogP) is 3.59. The molecule has 0 saturated heterocycles. The molecule has 6 heteroatoms. The van der Waals surface area contributed by atoms with Gasteiger partial charge in [0.2, 0.25) is 0 Å². The van der Waals surface area contributed by atoms with Gasteiger partial charge in [-0.1, -0.05) is 18.2 Å². The van der Waals surface area contributed by atoms with Gasteiger partial charge in [0.25, 0.3) is 0 Å². The van der Waals surface area contributed by atoms with E-state index in [2.05, 4.69) is 16.0 Å². The first kappa shape index (κ1) is 19.3. The molecule has 1 unspecified atom stereocenters. The molecule has 2 aromatic rings. The number of hydrogen-bond donors (Lipinski definition) is 1. The molecule has 27 heavy (non-hydrogen) atoms. The van der Waals surface area contributed by atoms with Crippen LogP contribution in [0.25, 0.3) is 10.9 Å². The lowest BCUT2D eigenvalue weighted by Crippen LogP contribution is -2.42. The van der Waals surface area contributed by atoms with Crippen LogP contribution in [0, 0.1) is 0 Å². The van der Waals surface area contributed by atoms with Crippen molar-refractivity contribution in [3.05, 3.63) is 35.5 Å². The van der Waals surface area contributed by atoms with Gasteiger partial charge in [0.15, 0.2) is 0 Å². The maximum Gasteiger partial charge on any atom is 0.407 e.